The third-order valence-corrected chi connectivity index (χ3v) is 3.96. The molecule has 0 amide bonds. The zero-order chi connectivity index (χ0) is 14.4. The van der Waals surface area contributed by atoms with Gasteiger partial charge in [-0.15, -0.1) is 0 Å². The average Bonchev–Trinajstić information content (AvgIpc) is 2.34. The van der Waals surface area contributed by atoms with E-state index in [1.165, 1.54) is 57.8 Å². The molecule has 0 aromatic heterocycles. The maximum atomic E-state index is 10.4. The predicted octanol–water partition coefficient (Wildman–Crippen LogP) is 2.09. The van der Waals surface area contributed by atoms with Crippen molar-refractivity contribution in [3.05, 3.63) is 0 Å². The van der Waals surface area contributed by atoms with Crippen LogP contribution >= 0.6 is 0 Å². The van der Waals surface area contributed by atoms with E-state index in [2.05, 4.69) is 12.2 Å². The topological polar surface area (TPSA) is 66.4 Å². The summed E-state index contributed by atoms with van der Waals surface area (Å²) in [5.41, 5.74) is 0. The van der Waals surface area contributed by atoms with Crippen molar-refractivity contribution in [2.45, 2.75) is 71.1 Å². The van der Waals surface area contributed by atoms with Crippen LogP contribution in [-0.2, 0) is 10.1 Å². The summed E-state index contributed by atoms with van der Waals surface area (Å²) in [5, 5.41) is 3.03. The number of hydrogen-bond donors (Lipinski definition) is 2. The van der Waals surface area contributed by atoms with Crippen LogP contribution in [0.5, 0.6) is 0 Å². The monoisotopic (exact) mass is 341 g/mol. The molecule has 4 nitrogen and oxygen atoms in total. The van der Waals surface area contributed by atoms with Crippen LogP contribution in [0.3, 0.4) is 0 Å². The third-order valence-electron chi connectivity index (χ3n) is 3.24. The Morgan fingerprint density at radius 2 is 1.19 bits per heavy atom. The van der Waals surface area contributed by atoms with Gasteiger partial charge >= 0.3 is 59.1 Å². The molecule has 120 valence electrons. The van der Waals surface area contributed by atoms with Gasteiger partial charge in [0.25, 0.3) is 10.1 Å². The Morgan fingerprint density at radius 3 is 1.62 bits per heavy atom. The summed E-state index contributed by atoms with van der Waals surface area (Å²) in [6, 6.07) is 0. The molecule has 0 saturated carbocycles. The number of rotatable bonds is 14. The first-order valence-electron chi connectivity index (χ1n) is 7.72. The number of nitrogens with one attached hydrogen (secondary N) is 1. The fourth-order valence-corrected chi connectivity index (χ4v) is 2.47. The summed E-state index contributed by atoms with van der Waals surface area (Å²) in [4.78, 5) is 0. The number of hydrogen-bond acceptors (Lipinski definition) is 3. The quantitative estimate of drug-likeness (QED) is 0.288. The Hall–Kier alpha value is 1.87. The van der Waals surface area contributed by atoms with Gasteiger partial charge in [0.15, 0.2) is 0 Å². The Bertz CT molecular complexity index is 288. The standard InChI is InChI=1S/C14H31NO3S.2Na.2H/c1-2-3-4-5-6-7-8-9-10-11-12-15-13-14-19(16,17)18;;;;/h15H,2-14H2,1H3,(H,16,17,18);;;;. The molecule has 0 aromatic carbocycles. The second kappa shape index (κ2) is 19.9. The zero-order valence-corrected chi connectivity index (χ0v) is 13.2. The van der Waals surface area contributed by atoms with Crippen molar-refractivity contribution in [1.29, 1.82) is 0 Å². The molecule has 0 rings (SSSR count). The van der Waals surface area contributed by atoms with Crippen LogP contribution in [0.25, 0.3) is 0 Å². The molecule has 0 aliphatic heterocycles. The molecule has 7 heteroatoms. The first-order valence-corrected chi connectivity index (χ1v) is 9.33. The molecule has 0 radical (unpaired) electrons. The second-order valence-electron chi connectivity index (χ2n) is 5.22. The minimum absolute atomic E-state index is 0. The molecule has 2 N–H and O–H groups in total. The van der Waals surface area contributed by atoms with Gasteiger partial charge in [0.05, 0.1) is 5.75 Å². The summed E-state index contributed by atoms with van der Waals surface area (Å²) < 4.78 is 29.4. The Labute approximate surface area is 175 Å². The predicted molar refractivity (Wildman–Crippen MR) is 95.4 cm³/mol. The van der Waals surface area contributed by atoms with Gasteiger partial charge in [0, 0.05) is 6.54 Å². The van der Waals surface area contributed by atoms with E-state index in [1.807, 2.05) is 0 Å². The molecule has 0 aromatic rings. The van der Waals surface area contributed by atoms with Crippen molar-refractivity contribution in [2.24, 2.45) is 0 Å². The molecule has 0 aliphatic carbocycles. The molecule has 0 spiro atoms. The fourth-order valence-electron chi connectivity index (χ4n) is 2.06. The van der Waals surface area contributed by atoms with Crippen molar-refractivity contribution in [3.8, 4) is 0 Å². The van der Waals surface area contributed by atoms with Crippen molar-refractivity contribution < 1.29 is 13.0 Å². The van der Waals surface area contributed by atoms with Crippen molar-refractivity contribution in [1.82, 2.24) is 5.32 Å². The molecule has 0 unspecified atom stereocenters. The van der Waals surface area contributed by atoms with Gasteiger partial charge in [0.1, 0.15) is 0 Å². The summed E-state index contributed by atoms with van der Waals surface area (Å²) >= 11 is 0. The van der Waals surface area contributed by atoms with Gasteiger partial charge in [-0.2, -0.15) is 8.42 Å². The van der Waals surface area contributed by atoms with Crippen molar-refractivity contribution in [3.63, 3.8) is 0 Å². The van der Waals surface area contributed by atoms with Crippen LogP contribution in [0.1, 0.15) is 71.1 Å². The zero-order valence-electron chi connectivity index (χ0n) is 12.4. The van der Waals surface area contributed by atoms with Crippen LogP contribution in [-0.4, -0.2) is 90.9 Å². The van der Waals surface area contributed by atoms with E-state index in [4.69, 9.17) is 4.55 Å². The van der Waals surface area contributed by atoms with E-state index in [0.29, 0.717) is 6.54 Å². The van der Waals surface area contributed by atoms with Gasteiger partial charge in [-0.3, -0.25) is 4.55 Å². The normalized spacial score (nSPS) is 10.8. The number of unbranched alkanes of at least 4 members (excludes halogenated alkanes) is 9. The molecule has 0 bridgehead atoms. The SMILES string of the molecule is CCCCCCCCCCCCNCCS(=O)(=O)O.[NaH].[NaH]. The summed E-state index contributed by atoms with van der Waals surface area (Å²) in [7, 11) is -3.80. The van der Waals surface area contributed by atoms with Gasteiger partial charge in [-0.25, -0.2) is 0 Å². The molecule has 21 heavy (non-hydrogen) atoms. The van der Waals surface area contributed by atoms with E-state index in [1.54, 1.807) is 0 Å². The first kappa shape index (κ1) is 27.7. The van der Waals surface area contributed by atoms with Crippen LogP contribution < -0.4 is 5.32 Å². The minimum atomic E-state index is -3.80. The average molecular weight is 341 g/mol. The van der Waals surface area contributed by atoms with E-state index in [0.717, 1.165) is 13.0 Å². The van der Waals surface area contributed by atoms with Crippen LogP contribution in [0.4, 0.5) is 0 Å². The maximum absolute atomic E-state index is 10.4. The molecular formula is C14H33NNa2O3S. The molecular weight excluding hydrogens is 308 g/mol. The molecule has 0 atom stereocenters. The molecule has 0 heterocycles. The van der Waals surface area contributed by atoms with Crippen LogP contribution in [0.2, 0.25) is 0 Å². The molecule has 0 aliphatic rings. The fraction of sp³-hybridized carbons (Fsp3) is 1.00. The van der Waals surface area contributed by atoms with Crippen molar-refractivity contribution in [2.75, 3.05) is 18.8 Å². The van der Waals surface area contributed by atoms with Crippen molar-refractivity contribution >= 4 is 69.2 Å². The van der Waals surface area contributed by atoms with Crippen LogP contribution in [0.15, 0.2) is 0 Å². The Morgan fingerprint density at radius 1 is 0.762 bits per heavy atom. The molecule has 0 saturated heterocycles. The van der Waals surface area contributed by atoms with E-state index >= 15 is 0 Å². The summed E-state index contributed by atoms with van der Waals surface area (Å²) in [6.07, 6.45) is 13.0. The molecule has 0 fully saturated rings. The third kappa shape index (κ3) is 27.0. The van der Waals surface area contributed by atoms with Gasteiger partial charge in [-0.05, 0) is 13.0 Å². The van der Waals surface area contributed by atoms with Gasteiger partial charge < -0.3 is 5.32 Å². The van der Waals surface area contributed by atoms with Crippen LogP contribution in [0, 0.1) is 0 Å². The summed E-state index contributed by atoms with van der Waals surface area (Å²) in [6.45, 7) is 3.42. The first-order chi connectivity index (χ1) is 9.06. The van der Waals surface area contributed by atoms with E-state index in [-0.39, 0.29) is 64.9 Å². The Kier molecular flexibility index (Phi) is 26.3. The van der Waals surface area contributed by atoms with E-state index < -0.39 is 10.1 Å². The summed E-state index contributed by atoms with van der Waals surface area (Å²) in [5.74, 6) is -0.190. The van der Waals surface area contributed by atoms with E-state index in [9.17, 15) is 8.42 Å². The Balaban J connectivity index is -0.00000162. The van der Waals surface area contributed by atoms with Gasteiger partial charge in [-0.1, -0.05) is 64.7 Å². The second-order valence-corrected chi connectivity index (χ2v) is 6.79. The van der Waals surface area contributed by atoms with Gasteiger partial charge in [0.2, 0.25) is 0 Å².